The SMILES string of the molecule is CCCOC(=O)N(c1cccc(-c2nn(CC)cc2-c2ccncc2)c1F)S(=O)(=O)c1cc(F)ccc1F. The van der Waals surface area contributed by atoms with Crippen molar-refractivity contribution in [2.45, 2.75) is 31.7 Å². The molecule has 0 fully saturated rings. The topological polar surface area (TPSA) is 94.4 Å². The van der Waals surface area contributed by atoms with Crippen LogP contribution in [0, 0.1) is 17.5 Å². The number of carbonyl (C=O) groups excluding carboxylic acids is 1. The van der Waals surface area contributed by atoms with Crippen LogP contribution in [0.5, 0.6) is 0 Å². The van der Waals surface area contributed by atoms with Crippen molar-refractivity contribution in [2.24, 2.45) is 0 Å². The zero-order valence-electron chi connectivity index (χ0n) is 20.4. The molecule has 2 aromatic heterocycles. The lowest BCUT2D eigenvalue weighted by Gasteiger charge is -2.23. The summed E-state index contributed by atoms with van der Waals surface area (Å²) >= 11 is 0. The molecule has 0 radical (unpaired) electrons. The third kappa shape index (κ3) is 5.12. The van der Waals surface area contributed by atoms with Gasteiger partial charge in [0.15, 0.2) is 5.82 Å². The van der Waals surface area contributed by atoms with Crippen LogP contribution in [-0.4, -0.2) is 35.9 Å². The molecule has 0 aliphatic rings. The highest BCUT2D eigenvalue weighted by molar-refractivity contribution is 7.93. The summed E-state index contributed by atoms with van der Waals surface area (Å²) in [6, 6.07) is 8.87. The number of pyridine rings is 1. The highest BCUT2D eigenvalue weighted by Gasteiger charge is 2.37. The molecule has 0 aliphatic heterocycles. The number of benzene rings is 2. The summed E-state index contributed by atoms with van der Waals surface area (Å²) in [4.78, 5) is 15.8. The number of nitrogens with zero attached hydrogens (tertiary/aromatic N) is 4. The Labute approximate surface area is 217 Å². The predicted molar refractivity (Wildman–Crippen MR) is 134 cm³/mol. The standard InChI is InChI=1S/C26H23F3N4O4S/c1-3-14-37-26(34)33(38(35,36)23-15-18(27)8-9-21(23)28)22-7-5-6-19(24(22)29)25-20(16-32(4-2)31-25)17-10-12-30-13-11-17/h5-13,15-16H,3-4,14H2,1-2H3. The maximum atomic E-state index is 16.2. The number of hydrogen-bond acceptors (Lipinski definition) is 6. The van der Waals surface area contributed by atoms with E-state index in [9.17, 15) is 22.0 Å². The van der Waals surface area contributed by atoms with E-state index in [1.54, 1.807) is 42.3 Å². The van der Waals surface area contributed by atoms with Gasteiger partial charge in [0.1, 0.15) is 27.9 Å². The van der Waals surface area contributed by atoms with Crippen LogP contribution in [-0.2, 0) is 21.3 Å². The van der Waals surface area contributed by atoms with E-state index in [1.165, 1.54) is 12.1 Å². The zero-order chi connectivity index (χ0) is 27.4. The largest absolute Gasteiger partial charge is 0.448 e. The van der Waals surface area contributed by atoms with E-state index in [1.807, 2.05) is 6.92 Å². The van der Waals surface area contributed by atoms with Gasteiger partial charge in [0.05, 0.1) is 6.61 Å². The van der Waals surface area contributed by atoms with Gasteiger partial charge in [0, 0.05) is 36.3 Å². The highest BCUT2D eigenvalue weighted by Crippen LogP contribution is 2.37. The van der Waals surface area contributed by atoms with E-state index in [0.29, 0.717) is 36.2 Å². The van der Waals surface area contributed by atoms with Crippen molar-refractivity contribution in [1.29, 1.82) is 0 Å². The summed E-state index contributed by atoms with van der Waals surface area (Å²) < 4.78 is 78.2. The number of halogens is 3. The van der Waals surface area contributed by atoms with Crippen molar-refractivity contribution in [3.05, 3.63) is 84.6 Å². The van der Waals surface area contributed by atoms with Crippen molar-refractivity contribution < 1.29 is 31.1 Å². The Kier molecular flexibility index (Phi) is 7.81. The zero-order valence-corrected chi connectivity index (χ0v) is 21.3. The number of sulfonamides is 1. The second-order valence-electron chi connectivity index (χ2n) is 8.08. The molecule has 2 heterocycles. The van der Waals surface area contributed by atoms with Gasteiger partial charge >= 0.3 is 6.09 Å². The number of aryl methyl sites for hydroxylation is 1. The van der Waals surface area contributed by atoms with Gasteiger partial charge in [0.2, 0.25) is 0 Å². The minimum absolute atomic E-state index is 0.00225. The fraction of sp³-hybridized carbons (Fsp3) is 0.192. The molecule has 8 nitrogen and oxygen atoms in total. The monoisotopic (exact) mass is 544 g/mol. The molecule has 4 rings (SSSR count). The fourth-order valence-corrected chi connectivity index (χ4v) is 5.15. The lowest BCUT2D eigenvalue weighted by molar-refractivity contribution is 0.157. The lowest BCUT2D eigenvalue weighted by atomic mass is 10.0. The van der Waals surface area contributed by atoms with Gasteiger partial charge in [-0.05, 0) is 61.4 Å². The molecule has 198 valence electrons. The third-order valence-corrected chi connectivity index (χ3v) is 7.23. The maximum absolute atomic E-state index is 16.2. The summed E-state index contributed by atoms with van der Waals surface area (Å²) in [5.74, 6) is -3.51. The van der Waals surface area contributed by atoms with E-state index in [4.69, 9.17) is 4.74 Å². The Balaban J connectivity index is 1.93. The van der Waals surface area contributed by atoms with Gasteiger partial charge in [-0.3, -0.25) is 9.67 Å². The van der Waals surface area contributed by atoms with Crippen molar-refractivity contribution >= 4 is 21.8 Å². The van der Waals surface area contributed by atoms with Crippen LogP contribution >= 0.6 is 0 Å². The molecule has 0 saturated carbocycles. The van der Waals surface area contributed by atoms with Gasteiger partial charge in [-0.15, -0.1) is 0 Å². The van der Waals surface area contributed by atoms with Crippen molar-refractivity contribution in [3.63, 3.8) is 0 Å². The highest BCUT2D eigenvalue weighted by atomic mass is 32.2. The van der Waals surface area contributed by atoms with Crippen LogP contribution in [0.15, 0.2) is 72.0 Å². The Morgan fingerprint density at radius 1 is 1.03 bits per heavy atom. The van der Waals surface area contributed by atoms with Gasteiger partial charge in [-0.2, -0.15) is 9.40 Å². The number of ether oxygens (including phenoxy) is 1. The Morgan fingerprint density at radius 3 is 2.45 bits per heavy atom. The van der Waals surface area contributed by atoms with E-state index < -0.39 is 44.2 Å². The number of aromatic nitrogens is 3. The third-order valence-electron chi connectivity index (χ3n) is 5.54. The molecule has 0 spiro atoms. The summed E-state index contributed by atoms with van der Waals surface area (Å²) in [6.45, 7) is 3.78. The number of hydrogen-bond donors (Lipinski definition) is 0. The second-order valence-corrected chi connectivity index (χ2v) is 9.84. The summed E-state index contributed by atoms with van der Waals surface area (Å²) in [6.07, 6.45) is 3.67. The van der Waals surface area contributed by atoms with Crippen LogP contribution in [0.2, 0.25) is 0 Å². The Bertz CT molecular complexity index is 1580. The first kappa shape index (κ1) is 26.9. The number of rotatable bonds is 8. The predicted octanol–water partition coefficient (Wildman–Crippen LogP) is 5.79. The molecule has 0 aliphatic carbocycles. The van der Waals surface area contributed by atoms with Gasteiger partial charge in [0.25, 0.3) is 10.0 Å². The first-order valence-corrected chi connectivity index (χ1v) is 13.1. The van der Waals surface area contributed by atoms with Crippen LogP contribution in [0.25, 0.3) is 22.4 Å². The lowest BCUT2D eigenvalue weighted by Crippen LogP contribution is -2.38. The Hall–Kier alpha value is -4.19. The van der Waals surface area contributed by atoms with Gasteiger partial charge in [-0.1, -0.05) is 13.0 Å². The molecule has 1 amide bonds. The molecule has 38 heavy (non-hydrogen) atoms. The van der Waals surface area contributed by atoms with Crippen molar-refractivity contribution in [3.8, 4) is 22.4 Å². The minimum Gasteiger partial charge on any atom is -0.448 e. The summed E-state index contributed by atoms with van der Waals surface area (Å²) in [7, 11) is -5.15. The van der Waals surface area contributed by atoms with E-state index in [0.717, 1.165) is 12.1 Å². The molecular formula is C26H23F3N4O4S. The summed E-state index contributed by atoms with van der Waals surface area (Å²) in [5, 5.41) is 4.44. The molecule has 2 aromatic carbocycles. The van der Waals surface area contributed by atoms with Crippen molar-refractivity contribution in [2.75, 3.05) is 10.9 Å². The molecule has 4 aromatic rings. The van der Waals surface area contributed by atoms with E-state index in [2.05, 4.69) is 10.1 Å². The average Bonchev–Trinajstić information content (AvgIpc) is 3.34. The smallest absolute Gasteiger partial charge is 0.428 e. The van der Waals surface area contributed by atoms with Crippen molar-refractivity contribution in [1.82, 2.24) is 14.8 Å². The first-order valence-electron chi connectivity index (χ1n) is 11.6. The average molecular weight is 545 g/mol. The van der Waals surface area contributed by atoms with Crippen LogP contribution in [0.1, 0.15) is 20.3 Å². The Morgan fingerprint density at radius 2 is 1.76 bits per heavy atom. The van der Waals surface area contributed by atoms with Gasteiger partial charge in [-0.25, -0.2) is 26.4 Å². The normalized spacial score (nSPS) is 11.4. The molecule has 0 unspecified atom stereocenters. The summed E-state index contributed by atoms with van der Waals surface area (Å²) in [5.41, 5.74) is 0.523. The van der Waals surface area contributed by atoms with E-state index >= 15 is 4.39 Å². The first-order chi connectivity index (χ1) is 18.2. The molecular weight excluding hydrogens is 521 g/mol. The quantitative estimate of drug-likeness (QED) is 0.279. The molecule has 0 saturated heterocycles. The minimum atomic E-state index is -5.15. The second kappa shape index (κ2) is 11.1. The number of anilines is 1. The maximum Gasteiger partial charge on any atom is 0.428 e. The molecule has 0 bridgehead atoms. The fourth-order valence-electron chi connectivity index (χ4n) is 3.73. The number of carbonyl (C=O) groups is 1. The van der Waals surface area contributed by atoms with E-state index in [-0.39, 0.29) is 22.2 Å². The number of amides is 1. The van der Waals surface area contributed by atoms with Gasteiger partial charge < -0.3 is 4.74 Å². The van der Waals surface area contributed by atoms with Crippen LogP contribution < -0.4 is 4.31 Å². The molecule has 0 N–H and O–H groups in total. The van der Waals surface area contributed by atoms with Crippen LogP contribution in [0.3, 0.4) is 0 Å². The molecule has 0 atom stereocenters. The molecule has 12 heteroatoms. The van der Waals surface area contributed by atoms with Crippen LogP contribution in [0.4, 0.5) is 23.7 Å².